The Morgan fingerprint density at radius 3 is 2.30 bits per heavy atom. The van der Waals surface area contributed by atoms with Crippen LogP contribution < -0.4 is 9.47 Å². The van der Waals surface area contributed by atoms with Crippen molar-refractivity contribution in [2.24, 2.45) is 5.92 Å². The molecule has 2 aromatic rings. The Morgan fingerprint density at radius 1 is 0.967 bits per heavy atom. The average Bonchev–Trinajstić information content (AvgIpc) is 3.06. The molecule has 30 heavy (non-hydrogen) atoms. The molecular weight excluding hydrogens is 382 g/mol. The number of ether oxygens (including phenoxy) is 3. The summed E-state index contributed by atoms with van der Waals surface area (Å²) in [7, 11) is 3.14. The number of benzene rings is 2. The summed E-state index contributed by atoms with van der Waals surface area (Å²) < 4.78 is 16.2. The molecule has 0 spiro atoms. The van der Waals surface area contributed by atoms with Crippen LogP contribution in [0.5, 0.6) is 11.5 Å². The van der Waals surface area contributed by atoms with Crippen LogP contribution in [-0.4, -0.2) is 43.1 Å². The standard InChI is InChI=1S/C24H27NO5/c1-28-20-10-11-22(29-2)21(14-20)23(26)17-12-18-8-9-19(13-17)25(18)24(27)30-15-16-6-4-3-5-7-16/h3-7,10-11,14,17-19H,8-9,12-13,15H2,1-2H3. The Kier molecular flexibility index (Phi) is 5.93. The fourth-order valence-electron chi connectivity index (χ4n) is 4.71. The molecule has 0 radical (unpaired) electrons. The summed E-state index contributed by atoms with van der Waals surface area (Å²) in [6.45, 7) is 0.263. The molecule has 0 aromatic heterocycles. The number of nitrogens with zero attached hydrogens (tertiary/aromatic N) is 1. The molecule has 6 heteroatoms. The van der Waals surface area contributed by atoms with Crippen molar-refractivity contribution in [1.29, 1.82) is 0 Å². The van der Waals surface area contributed by atoms with Crippen molar-refractivity contribution < 1.29 is 23.8 Å². The van der Waals surface area contributed by atoms with Crippen molar-refractivity contribution in [2.75, 3.05) is 14.2 Å². The van der Waals surface area contributed by atoms with E-state index in [-0.39, 0.29) is 36.5 Å². The van der Waals surface area contributed by atoms with Crippen LogP contribution in [-0.2, 0) is 11.3 Å². The first-order valence-electron chi connectivity index (χ1n) is 10.4. The Bertz CT molecular complexity index is 899. The van der Waals surface area contributed by atoms with E-state index < -0.39 is 0 Å². The normalized spacial score (nSPS) is 22.5. The van der Waals surface area contributed by atoms with Crippen molar-refractivity contribution in [3.8, 4) is 11.5 Å². The lowest BCUT2D eigenvalue weighted by Crippen LogP contribution is -2.48. The van der Waals surface area contributed by atoms with E-state index in [1.807, 2.05) is 35.2 Å². The van der Waals surface area contributed by atoms with Gasteiger partial charge in [-0.1, -0.05) is 30.3 Å². The van der Waals surface area contributed by atoms with Gasteiger partial charge in [0.15, 0.2) is 5.78 Å². The minimum absolute atomic E-state index is 0.0394. The van der Waals surface area contributed by atoms with E-state index in [0.717, 1.165) is 18.4 Å². The minimum atomic E-state index is -0.281. The Hall–Kier alpha value is -3.02. The molecule has 2 aliphatic rings. The van der Waals surface area contributed by atoms with Crippen molar-refractivity contribution in [1.82, 2.24) is 4.90 Å². The number of carbonyl (C=O) groups excluding carboxylic acids is 2. The number of fused-ring (bicyclic) bond motifs is 2. The maximum atomic E-state index is 13.3. The van der Waals surface area contributed by atoms with Crippen molar-refractivity contribution >= 4 is 11.9 Å². The summed E-state index contributed by atoms with van der Waals surface area (Å²) in [5.41, 5.74) is 1.51. The largest absolute Gasteiger partial charge is 0.497 e. The number of hydrogen-bond acceptors (Lipinski definition) is 5. The first kappa shape index (κ1) is 20.3. The summed E-state index contributed by atoms with van der Waals surface area (Å²) in [5.74, 6) is 1.10. The van der Waals surface area contributed by atoms with Gasteiger partial charge in [-0.15, -0.1) is 0 Å². The lowest BCUT2D eigenvalue weighted by atomic mass is 9.84. The van der Waals surface area contributed by atoms with Crippen molar-refractivity contribution in [3.05, 3.63) is 59.7 Å². The Morgan fingerprint density at radius 2 is 1.67 bits per heavy atom. The maximum Gasteiger partial charge on any atom is 0.410 e. The van der Waals surface area contributed by atoms with E-state index in [2.05, 4.69) is 0 Å². The van der Waals surface area contributed by atoms with Gasteiger partial charge >= 0.3 is 6.09 Å². The van der Waals surface area contributed by atoms with E-state index in [9.17, 15) is 9.59 Å². The molecule has 2 bridgehead atoms. The van der Waals surface area contributed by atoms with Gasteiger partial charge in [-0.2, -0.15) is 0 Å². The van der Waals surface area contributed by atoms with Crippen LogP contribution in [0.15, 0.2) is 48.5 Å². The Labute approximate surface area is 176 Å². The Balaban J connectivity index is 1.44. The van der Waals surface area contributed by atoms with Crippen LogP contribution in [0, 0.1) is 5.92 Å². The fraction of sp³-hybridized carbons (Fsp3) is 0.417. The quantitative estimate of drug-likeness (QED) is 0.659. The molecule has 2 heterocycles. The summed E-state index contributed by atoms with van der Waals surface area (Å²) in [5, 5.41) is 0. The highest BCUT2D eigenvalue weighted by atomic mass is 16.6. The monoisotopic (exact) mass is 409 g/mol. The predicted octanol–water partition coefficient (Wildman–Crippen LogP) is 4.47. The molecule has 2 aliphatic heterocycles. The van der Waals surface area contributed by atoms with Crippen LogP contribution in [0.3, 0.4) is 0 Å². The van der Waals surface area contributed by atoms with Gasteiger partial charge in [-0.3, -0.25) is 4.79 Å². The molecule has 2 saturated heterocycles. The second-order valence-corrected chi connectivity index (χ2v) is 7.93. The number of ketones is 1. The van der Waals surface area contributed by atoms with Crippen LogP contribution in [0.1, 0.15) is 41.6 Å². The number of Topliss-reactive ketones (excluding diaryl/α,β-unsaturated/α-hetero) is 1. The third kappa shape index (κ3) is 3.99. The molecule has 4 rings (SSSR count). The van der Waals surface area contributed by atoms with Gasteiger partial charge in [0.1, 0.15) is 18.1 Å². The van der Waals surface area contributed by atoms with Gasteiger partial charge in [0.05, 0.1) is 19.8 Å². The highest BCUT2D eigenvalue weighted by Gasteiger charge is 2.46. The number of piperidine rings is 1. The van der Waals surface area contributed by atoms with E-state index in [0.29, 0.717) is 29.9 Å². The number of methoxy groups -OCH3 is 2. The molecule has 0 N–H and O–H groups in total. The van der Waals surface area contributed by atoms with Gasteiger partial charge in [-0.05, 0) is 49.4 Å². The van der Waals surface area contributed by atoms with Gasteiger partial charge in [-0.25, -0.2) is 4.79 Å². The predicted molar refractivity (Wildman–Crippen MR) is 112 cm³/mol. The highest BCUT2D eigenvalue weighted by Crippen LogP contribution is 2.41. The molecular formula is C24H27NO5. The molecule has 2 unspecified atom stereocenters. The summed E-state index contributed by atoms with van der Waals surface area (Å²) in [4.78, 5) is 27.9. The zero-order valence-electron chi connectivity index (χ0n) is 17.4. The van der Waals surface area contributed by atoms with Gasteiger partial charge < -0.3 is 19.1 Å². The lowest BCUT2D eigenvalue weighted by Gasteiger charge is -2.37. The SMILES string of the molecule is COc1ccc(OC)c(C(=O)C2CC3CCC(C2)N3C(=O)OCc2ccccc2)c1. The molecule has 158 valence electrons. The molecule has 2 fully saturated rings. The first-order valence-corrected chi connectivity index (χ1v) is 10.4. The topological polar surface area (TPSA) is 65.1 Å². The van der Waals surface area contributed by atoms with E-state index >= 15 is 0 Å². The number of carbonyl (C=O) groups is 2. The second-order valence-electron chi connectivity index (χ2n) is 7.93. The summed E-state index contributed by atoms with van der Waals surface area (Å²) in [6.07, 6.45) is 2.83. The van der Waals surface area contributed by atoms with E-state index in [1.54, 1.807) is 32.4 Å². The van der Waals surface area contributed by atoms with Gasteiger partial charge in [0.2, 0.25) is 0 Å². The van der Waals surface area contributed by atoms with Crippen LogP contribution in [0.4, 0.5) is 4.79 Å². The molecule has 2 aromatic carbocycles. The van der Waals surface area contributed by atoms with Gasteiger partial charge in [0.25, 0.3) is 0 Å². The molecule has 0 saturated carbocycles. The summed E-state index contributed by atoms with van der Waals surface area (Å²) in [6, 6.07) is 15.0. The summed E-state index contributed by atoms with van der Waals surface area (Å²) >= 11 is 0. The lowest BCUT2D eigenvalue weighted by molar-refractivity contribution is 0.0484. The molecule has 1 amide bonds. The minimum Gasteiger partial charge on any atom is -0.497 e. The average molecular weight is 409 g/mol. The zero-order chi connectivity index (χ0) is 21.1. The molecule has 6 nitrogen and oxygen atoms in total. The first-order chi connectivity index (χ1) is 14.6. The third-order valence-electron chi connectivity index (χ3n) is 6.19. The number of rotatable bonds is 6. The molecule has 2 atom stereocenters. The number of hydrogen-bond donors (Lipinski definition) is 0. The van der Waals surface area contributed by atoms with Crippen LogP contribution in [0.25, 0.3) is 0 Å². The smallest absolute Gasteiger partial charge is 0.410 e. The van der Waals surface area contributed by atoms with E-state index in [4.69, 9.17) is 14.2 Å². The number of amides is 1. The fourth-order valence-corrected chi connectivity index (χ4v) is 4.71. The van der Waals surface area contributed by atoms with Crippen LogP contribution in [0.2, 0.25) is 0 Å². The van der Waals surface area contributed by atoms with Gasteiger partial charge in [0, 0.05) is 18.0 Å². The third-order valence-corrected chi connectivity index (χ3v) is 6.19. The van der Waals surface area contributed by atoms with Crippen molar-refractivity contribution in [2.45, 2.75) is 44.4 Å². The van der Waals surface area contributed by atoms with Crippen LogP contribution >= 0.6 is 0 Å². The van der Waals surface area contributed by atoms with Crippen molar-refractivity contribution in [3.63, 3.8) is 0 Å². The van der Waals surface area contributed by atoms with E-state index in [1.165, 1.54) is 0 Å². The second kappa shape index (κ2) is 8.78. The highest BCUT2D eigenvalue weighted by molar-refractivity contribution is 6.01. The maximum absolute atomic E-state index is 13.3. The zero-order valence-corrected chi connectivity index (χ0v) is 17.4. The molecule has 0 aliphatic carbocycles.